The SMILES string of the molecule is CC(COc1ccc(C(F)(F)F)cc1Oc1ccccc1)COc1cc(C(F)(F)F)ccc1OC(OC(C)(C)C(=O)O)C(C)C. The van der Waals surface area contributed by atoms with E-state index in [4.69, 9.17) is 23.7 Å². The Morgan fingerprint density at radius 3 is 1.76 bits per heavy atom. The lowest BCUT2D eigenvalue weighted by Crippen LogP contribution is -2.42. The fraction of sp³-hybridized carbons (Fsp3) is 0.406. The highest BCUT2D eigenvalue weighted by Crippen LogP contribution is 2.40. The Morgan fingerprint density at radius 1 is 0.733 bits per heavy atom. The molecule has 0 amide bonds. The molecule has 2 unspecified atom stereocenters. The first-order valence-electron chi connectivity index (χ1n) is 13.9. The van der Waals surface area contributed by atoms with Gasteiger partial charge in [0, 0.05) is 11.8 Å². The summed E-state index contributed by atoms with van der Waals surface area (Å²) in [7, 11) is 0. The maximum Gasteiger partial charge on any atom is 0.416 e. The van der Waals surface area contributed by atoms with Crippen LogP contribution in [-0.4, -0.2) is 36.2 Å². The summed E-state index contributed by atoms with van der Waals surface area (Å²) in [6.45, 7) is 7.37. The maximum atomic E-state index is 13.5. The third-order valence-corrected chi connectivity index (χ3v) is 6.27. The first-order valence-corrected chi connectivity index (χ1v) is 13.9. The Bertz CT molecular complexity index is 1420. The molecule has 0 bridgehead atoms. The Morgan fingerprint density at radius 2 is 1.24 bits per heavy atom. The first-order chi connectivity index (χ1) is 20.9. The normalized spacial score (nSPS) is 13.7. The molecule has 7 nitrogen and oxygen atoms in total. The number of hydrogen-bond donors (Lipinski definition) is 1. The van der Waals surface area contributed by atoms with Crippen LogP contribution in [0.1, 0.15) is 45.7 Å². The van der Waals surface area contributed by atoms with Crippen molar-refractivity contribution < 1.29 is 59.9 Å². The van der Waals surface area contributed by atoms with Crippen LogP contribution in [0.4, 0.5) is 26.3 Å². The van der Waals surface area contributed by atoms with E-state index in [0.717, 1.165) is 36.4 Å². The van der Waals surface area contributed by atoms with E-state index < -0.39 is 53.2 Å². The van der Waals surface area contributed by atoms with Crippen LogP contribution >= 0.6 is 0 Å². The van der Waals surface area contributed by atoms with Crippen molar-refractivity contribution in [3.8, 4) is 28.7 Å². The van der Waals surface area contributed by atoms with Crippen molar-refractivity contribution in [1.82, 2.24) is 0 Å². The largest absolute Gasteiger partial charge is 0.489 e. The molecule has 13 heteroatoms. The number of ether oxygens (including phenoxy) is 5. The molecule has 0 fully saturated rings. The van der Waals surface area contributed by atoms with Gasteiger partial charge in [-0.25, -0.2) is 4.79 Å². The van der Waals surface area contributed by atoms with Crippen molar-refractivity contribution in [2.75, 3.05) is 13.2 Å². The molecule has 3 aromatic rings. The number of hydrogen-bond acceptors (Lipinski definition) is 6. The summed E-state index contributed by atoms with van der Waals surface area (Å²) in [6, 6.07) is 13.5. The molecule has 0 aliphatic carbocycles. The maximum absolute atomic E-state index is 13.5. The van der Waals surface area contributed by atoms with Crippen LogP contribution in [0.5, 0.6) is 28.7 Å². The van der Waals surface area contributed by atoms with E-state index >= 15 is 0 Å². The highest BCUT2D eigenvalue weighted by atomic mass is 19.4. The number of carboxylic acid groups (broad SMARTS) is 1. The summed E-state index contributed by atoms with van der Waals surface area (Å²) in [5.41, 5.74) is -3.60. The second kappa shape index (κ2) is 14.3. The number of para-hydroxylation sites is 1. The van der Waals surface area contributed by atoms with Crippen LogP contribution in [0.2, 0.25) is 0 Å². The summed E-state index contributed by atoms with van der Waals surface area (Å²) >= 11 is 0. The molecular formula is C32H34F6O7. The highest BCUT2D eigenvalue weighted by molar-refractivity contribution is 5.76. The molecule has 0 aliphatic rings. The zero-order chi connectivity index (χ0) is 33.6. The molecule has 1 N–H and O–H groups in total. The van der Waals surface area contributed by atoms with Crippen LogP contribution in [0.25, 0.3) is 0 Å². The molecule has 3 aromatic carbocycles. The van der Waals surface area contributed by atoms with Crippen LogP contribution in [0, 0.1) is 11.8 Å². The number of carbonyl (C=O) groups is 1. The van der Waals surface area contributed by atoms with Gasteiger partial charge in [-0.15, -0.1) is 0 Å². The first kappa shape index (κ1) is 35.4. The number of benzene rings is 3. The summed E-state index contributed by atoms with van der Waals surface area (Å²) in [4.78, 5) is 11.6. The summed E-state index contributed by atoms with van der Waals surface area (Å²) in [6.07, 6.45) is -10.5. The molecule has 2 atom stereocenters. The fourth-order valence-electron chi connectivity index (χ4n) is 3.67. The second-order valence-corrected chi connectivity index (χ2v) is 11.1. The van der Waals surface area contributed by atoms with Crippen LogP contribution in [0.3, 0.4) is 0 Å². The van der Waals surface area contributed by atoms with Gasteiger partial charge in [-0.3, -0.25) is 0 Å². The van der Waals surface area contributed by atoms with Crippen LogP contribution in [0.15, 0.2) is 66.7 Å². The zero-order valence-electron chi connectivity index (χ0n) is 25.2. The second-order valence-electron chi connectivity index (χ2n) is 11.1. The van der Waals surface area contributed by atoms with Gasteiger partial charge in [0.15, 0.2) is 28.6 Å². The summed E-state index contributed by atoms with van der Waals surface area (Å²) < 4.78 is 109. The molecule has 246 valence electrons. The minimum atomic E-state index is -4.69. The van der Waals surface area contributed by atoms with Crippen molar-refractivity contribution in [3.05, 3.63) is 77.9 Å². The third-order valence-electron chi connectivity index (χ3n) is 6.27. The Balaban J connectivity index is 1.78. The fourth-order valence-corrected chi connectivity index (χ4v) is 3.67. The smallest absolute Gasteiger partial charge is 0.416 e. The van der Waals surface area contributed by atoms with Gasteiger partial charge in [0.05, 0.1) is 24.3 Å². The molecule has 0 aliphatic heterocycles. The topological polar surface area (TPSA) is 83.5 Å². The minimum Gasteiger partial charge on any atom is -0.489 e. The van der Waals surface area contributed by atoms with E-state index in [9.17, 15) is 36.2 Å². The van der Waals surface area contributed by atoms with E-state index in [1.165, 1.54) is 13.8 Å². The minimum absolute atomic E-state index is 0.0137. The van der Waals surface area contributed by atoms with Crippen molar-refractivity contribution >= 4 is 5.97 Å². The van der Waals surface area contributed by atoms with Crippen molar-refractivity contribution in [2.24, 2.45) is 11.8 Å². The van der Waals surface area contributed by atoms with Gasteiger partial charge >= 0.3 is 18.3 Å². The van der Waals surface area contributed by atoms with Crippen LogP contribution < -0.4 is 18.9 Å². The Hall–Kier alpha value is -4.13. The molecule has 0 radical (unpaired) electrons. The van der Waals surface area contributed by atoms with E-state index in [1.807, 2.05) is 0 Å². The molecule has 45 heavy (non-hydrogen) atoms. The van der Waals surface area contributed by atoms with Gasteiger partial charge < -0.3 is 28.8 Å². The molecule has 3 rings (SSSR count). The monoisotopic (exact) mass is 644 g/mol. The number of aliphatic carboxylic acids is 1. The summed E-state index contributed by atoms with van der Waals surface area (Å²) in [5, 5.41) is 9.44. The van der Waals surface area contributed by atoms with E-state index in [-0.39, 0.29) is 42.0 Å². The molecule has 0 saturated carbocycles. The molecule has 0 aromatic heterocycles. The lowest BCUT2D eigenvalue weighted by Gasteiger charge is -2.30. The van der Waals surface area contributed by atoms with Gasteiger partial charge in [-0.1, -0.05) is 39.0 Å². The quantitative estimate of drug-likeness (QED) is 0.139. The van der Waals surface area contributed by atoms with Crippen LogP contribution in [-0.2, 0) is 21.9 Å². The van der Waals surface area contributed by atoms with Gasteiger partial charge in [0.1, 0.15) is 5.75 Å². The molecular weight excluding hydrogens is 610 g/mol. The number of halogens is 6. The average molecular weight is 645 g/mol. The van der Waals surface area contributed by atoms with Crippen molar-refractivity contribution in [1.29, 1.82) is 0 Å². The van der Waals surface area contributed by atoms with E-state index in [2.05, 4.69) is 0 Å². The molecule has 0 heterocycles. The summed E-state index contributed by atoms with van der Waals surface area (Å²) in [5.74, 6) is -2.42. The molecule has 0 spiro atoms. The highest BCUT2D eigenvalue weighted by Gasteiger charge is 2.36. The van der Waals surface area contributed by atoms with Gasteiger partial charge in [-0.2, -0.15) is 26.3 Å². The van der Waals surface area contributed by atoms with Gasteiger partial charge in [0.25, 0.3) is 0 Å². The van der Waals surface area contributed by atoms with Gasteiger partial charge in [0.2, 0.25) is 6.29 Å². The van der Waals surface area contributed by atoms with Crippen molar-refractivity contribution in [2.45, 2.75) is 58.9 Å². The third kappa shape index (κ3) is 10.2. The van der Waals surface area contributed by atoms with Gasteiger partial charge in [-0.05, 0) is 62.4 Å². The lowest BCUT2D eigenvalue weighted by molar-refractivity contribution is -0.200. The van der Waals surface area contributed by atoms with E-state index in [0.29, 0.717) is 0 Å². The Labute approximate surface area is 256 Å². The number of carboxylic acids is 1. The lowest BCUT2D eigenvalue weighted by atomic mass is 10.1. The van der Waals surface area contributed by atoms with Crippen molar-refractivity contribution in [3.63, 3.8) is 0 Å². The standard InChI is InChI=1S/C32H34F6O7/c1-19(2)28(45-30(4,5)29(39)40)44-25-14-12-21(31(33,34)35)15-26(25)42-18-20(3)17-41-24-13-11-22(32(36,37)38)16-27(24)43-23-9-7-6-8-10-23/h6-16,19-20,28H,17-18H2,1-5H3,(H,39,40). The number of alkyl halides is 6. The predicted octanol–water partition coefficient (Wildman–Crippen LogP) is 8.85. The Kier molecular flexibility index (Phi) is 11.2. The van der Waals surface area contributed by atoms with E-state index in [1.54, 1.807) is 51.1 Å². The molecule has 0 saturated heterocycles. The average Bonchev–Trinajstić information content (AvgIpc) is 2.94. The zero-order valence-corrected chi connectivity index (χ0v) is 25.2. The number of rotatable bonds is 14. The predicted molar refractivity (Wildman–Crippen MR) is 152 cm³/mol.